The molecule has 2 aromatic carbocycles. The number of rotatable bonds is 42. The third-order valence-corrected chi connectivity index (χ3v) is 16.7. The Kier molecular flexibility index (Phi) is 33.9. The largest absolute Gasteiger partial charge is 0.370 e. The first-order chi connectivity index (χ1) is 45.2. The lowest BCUT2D eigenvalue weighted by Crippen LogP contribution is -2.60. The standard InChI is InChI=1S/C63H98N18O13S/c1-37(2)33-45(57(89)74-41(53(68)85)27-32-95-3)73-52(84)36-72-54(86)46(34-38-15-6-4-7-16-38)78-58(90)47(35-39-17-8-5-9-18-39)79-56(88)42(23-25-50(66)82)75-55(87)43(24-26-51(67)83)76-59(91)49-22-14-31-81(49)62(94)44(20-10-11-28-64)77-60(92)48-21-13-30-80(48)61(93)40(65)19-12-29-71-63(69)70/h4-9,15-18,37,40-49H,10-14,19-36,64-65H2,1-3H3,(H2,66,82)(H2,67,83)(H2,68,85)(H,72,86)(H,73,84)(H,74,89)(H,75,87)(H,76,91)(H,77,92)(H,78,90)(H,79,88)(H4,69,70,71)/t40-,41+,42-,43+,44-,45+,46-,47+,48+,49-/m1/s1. The number of nitrogens with one attached hydrogen (secondary N) is 8. The molecule has 13 amide bonds. The van der Waals surface area contributed by atoms with Gasteiger partial charge < -0.3 is 92.5 Å². The zero-order chi connectivity index (χ0) is 70.1. The van der Waals surface area contributed by atoms with Crippen molar-refractivity contribution in [2.75, 3.05) is 44.7 Å². The van der Waals surface area contributed by atoms with Crippen molar-refractivity contribution in [1.82, 2.24) is 52.3 Å². The van der Waals surface area contributed by atoms with E-state index in [4.69, 9.17) is 40.1 Å². The second kappa shape index (κ2) is 41.0. The summed E-state index contributed by atoms with van der Waals surface area (Å²) < 4.78 is 0. The molecule has 0 aliphatic carbocycles. The van der Waals surface area contributed by atoms with Crippen LogP contribution in [0.15, 0.2) is 65.7 Å². The van der Waals surface area contributed by atoms with Gasteiger partial charge >= 0.3 is 0 Å². The van der Waals surface area contributed by atoms with Crippen molar-refractivity contribution in [1.29, 1.82) is 0 Å². The Labute approximate surface area is 558 Å². The maximum Gasteiger partial charge on any atom is 0.245 e. The average molecular weight is 1350 g/mol. The smallest absolute Gasteiger partial charge is 0.245 e. The first kappa shape index (κ1) is 78.5. The monoisotopic (exact) mass is 1350 g/mol. The van der Waals surface area contributed by atoms with Gasteiger partial charge in [-0.15, -0.1) is 0 Å². The van der Waals surface area contributed by atoms with Gasteiger partial charge in [-0.3, -0.25) is 67.3 Å². The summed E-state index contributed by atoms with van der Waals surface area (Å²) in [5.74, 6) is -9.80. The van der Waals surface area contributed by atoms with Crippen molar-refractivity contribution in [2.45, 2.75) is 183 Å². The molecule has 2 fully saturated rings. The number of hydrogen-bond acceptors (Lipinski definition) is 17. The number of carbonyl (C=O) groups is 13. The van der Waals surface area contributed by atoms with Crippen LogP contribution >= 0.6 is 11.8 Å². The van der Waals surface area contributed by atoms with E-state index in [0.717, 1.165) is 0 Å². The molecule has 0 aromatic heterocycles. The van der Waals surface area contributed by atoms with Crippen LogP contribution in [-0.4, -0.2) is 198 Å². The lowest BCUT2D eigenvalue weighted by atomic mass is 10.0. The van der Waals surface area contributed by atoms with E-state index >= 15 is 0 Å². The summed E-state index contributed by atoms with van der Waals surface area (Å²) in [6.45, 7) is 3.86. The van der Waals surface area contributed by atoms with Crippen LogP contribution in [-0.2, 0) is 75.2 Å². The van der Waals surface area contributed by atoms with Crippen LogP contribution in [0.5, 0.6) is 0 Å². The van der Waals surface area contributed by atoms with Gasteiger partial charge in [-0.2, -0.15) is 11.8 Å². The van der Waals surface area contributed by atoms with Gasteiger partial charge in [-0.25, -0.2) is 0 Å². The van der Waals surface area contributed by atoms with Gasteiger partial charge in [-0.1, -0.05) is 74.5 Å². The SMILES string of the molecule is CSCC[C@H](NC(=O)[C@H](CC(C)C)NC(=O)CNC(=O)[C@@H](Cc1ccccc1)NC(=O)[C@H](Cc1ccccc1)NC(=O)[C@@H](CCC(N)=O)NC(=O)[C@H](CCC(N)=O)NC(=O)[C@H]1CCCN1C(=O)[C@@H](CCCCN)NC(=O)[C@@H]1CCCN1C(=O)[C@H](N)CCCN=C(N)N)C(N)=O. The van der Waals surface area contributed by atoms with E-state index in [2.05, 4.69) is 47.5 Å². The van der Waals surface area contributed by atoms with Crippen LogP contribution in [0.2, 0.25) is 0 Å². The van der Waals surface area contributed by atoms with E-state index in [-0.39, 0.29) is 83.0 Å². The minimum absolute atomic E-state index is 0.0736. The zero-order valence-electron chi connectivity index (χ0n) is 54.5. The first-order valence-corrected chi connectivity index (χ1v) is 33.6. The Hall–Kier alpha value is -8.91. The number of amides is 13. The summed E-state index contributed by atoms with van der Waals surface area (Å²) in [4.78, 5) is 185. The quantitative estimate of drug-likeness (QED) is 0.0173. The summed E-state index contributed by atoms with van der Waals surface area (Å²) in [6.07, 6.45) is 3.12. The van der Waals surface area contributed by atoms with E-state index in [0.29, 0.717) is 55.4 Å². The van der Waals surface area contributed by atoms with E-state index in [1.807, 2.05) is 20.1 Å². The molecule has 2 aliphatic heterocycles. The molecule has 31 nitrogen and oxygen atoms in total. The number of thioether (sulfide) groups is 1. The fourth-order valence-corrected chi connectivity index (χ4v) is 11.5. The highest BCUT2D eigenvalue weighted by atomic mass is 32.2. The van der Waals surface area contributed by atoms with E-state index in [1.54, 1.807) is 60.7 Å². The molecule has 0 spiro atoms. The van der Waals surface area contributed by atoms with Gasteiger partial charge in [0.15, 0.2) is 5.96 Å². The molecule has 2 aliphatic rings. The topological polar surface area (TPSA) is 519 Å². The van der Waals surface area contributed by atoms with Gasteiger partial charge in [0.1, 0.15) is 54.4 Å². The number of hydrogen-bond donors (Lipinski definition) is 15. The molecule has 2 heterocycles. The van der Waals surface area contributed by atoms with E-state index in [1.165, 1.54) is 21.6 Å². The molecule has 22 N–H and O–H groups in total. The summed E-state index contributed by atoms with van der Waals surface area (Å²) in [6, 6.07) is 4.51. The third-order valence-electron chi connectivity index (χ3n) is 16.0. The third kappa shape index (κ3) is 27.5. The number of carbonyl (C=O) groups excluding carboxylic acids is 13. The molecule has 2 aromatic rings. The Balaban J connectivity index is 1.56. The molecular formula is C63H98N18O13S. The van der Waals surface area contributed by atoms with E-state index in [9.17, 15) is 62.3 Å². The first-order valence-electron chi connectivity index (χ1n) is 32.2. The van der Waals surface area contributed by atoms with Crippen molar-refractivity contribution in [3.8, 4) is 0 Å². The number of benzene rings is 2. The normalized spacial score (nSPS) is 16.8. The second-order valence-electron chi connectivity index (χ2n) is 24.1. The fraction of sp³-hybridized carbons (Fsp3) is 0.587. The predicted octanol–water partition coefficient (Wildman–Crippen LogP) is -3.71. The Morgan fingerprint density at radius 2 is 1.01 bits per heavy atom. The van der Waals surface area contributed by atoms with Crippen molar-refractivity contribution < 1.29 is 62.3 Å². The maximum atomic E-state index is 14.7. The molecule has 0 unspecified atom stereocenters. The number of aliphatic imine (C=N–C) groups is 1. The Morgan fingerprint density at radius 3 is 1.51 bits per heavy atom. The molecule has 95 heavy (non-hydrogen) atoms. The zero-order valence-corrected chi connectivity index (χ0v) is 55.3. The minimum atomic E-state index is -1.64. The maximum absolute atomic E-state index is 14.7. The molecule has 4 rings (SSSR count). The molecule has 0 saturated carbocycles. The van der Waals surface area contributed by atoms with Crippen LogP contribution < -0.4 is 82.7 Å². The molecular weight excluding hydrogens is 1250 g/mol. The van der Waals surface area contributed by atoms with Gasteiger partial charge in [0.25, 0.3) is 0 Å². The Morgan fingerprint density at radius 1 is 0.537 bits per heavy atom. The van der Waals surface area contributed by atoms with Gasteiger partial charge in [-0.05, 0) is 119 Å². The predicted molar refractivity (Wildman–Crippen MR) is 356 cm³/mol. The van der Waals surface area contributed by atoms with Gasteiger partial charge in [0.2, 0.25) is 76.8 Å². The van der Waals surface area contributed by atoms with Crippen LogP contribution in [0, 0.1) is 5.92 Å². The number of unbranched alkanes of at least 4 members (excludes halogenated alkanes) is 1. The lowest BCUT2D eigenvalue weighted by molar-refractivity contribution is -0.144. The molecule has 0 bridgehead atoms. The summed E-state index contributed by atoms with van der Waals surface area (Å²) >= 11 is 1.45. The molecule has 0 radical (unpaired) electrons. The number of nitrogens with zero attached hydrogens (tertiary/aromatic N) is 3. The Bertz CT molecular complexity index is 2960. The van der Waals surface area contributed by atoms with Crippen molar-refractivity contribution in [3.05, 3.63) is 71.8 Å². The van der Waals surface area contributed by atoms with E-state index < -0.39 is 169 Å². The summed E-state index contributed by atoms with van der Waals surface area (Å²) in [5.41, 5.74) is 40.6. The van der Waals surface area contributed by atoms with Crippen molar-refractivity contribution in [2.24, 2.45) is 51.0 Å². The second-order valence-corrected chi connectivity index (χ2v) is 25.1. The van der Waals surface area contributed by atoms with Crippen LogP contribution in [0.25, 0.3) is 0 Å². The number of guanidine groups is 1. The molecule has 524 valence electrons. The highest BCUT2D eigenvalue weighted by Crippen LogP contribution is 2.24. The highest BCUT2D eigenvalue weighted by molar-refractivity contribution is 7.98. The summed E-state index contributed by atoms with van der Waals surface area (Å²) in [5, 5.41) is 21.1. The van der Waals surface area contributed by atoms with Crippen LogP contribution in [0.3, 0.4) is 0 Å². The number of likely N-dealkylation sites (tertiary alicyclic amines) is 2. The number of primary amides is 3. The van der Waals surface area contributed by atoms with Crippen LogP contribution in [0.1, 0.15) is 121 Å². The summed E-state index contributed by atoms with van der Waals surface area (Å²) in [7, 11) is 0. The highest BCUT2D eigenvalue weighted by Gasteiger charge is 2.42. The van der Waals surface area contributed by atoms with Crippen molar-refractivity contribution >= 4 is 94.5 Å². The number of nitrogens with two attached hydrogens (primary N) is 7. The molecule has 32 heteroatoms. The van der Waals surface area contributed by atoms with Crippen LogP contribution in [0.4, 0.5) is 0 Å². The fourth-order valence-electron chi connectivity index (χ4n) is 11.0. The minimum Gasteiger partial charge on any atom is -0.370 e. The molecule has 10 atom stereocenters. The van der Waals surface area contributed by atoms with Crippen molar-refractivity contribution in [3.63, 3.8) is 0 Å². The molecule has 2 saturated heterocycles. The van der Waals surface area contributed by atoms with Gasteiger partial charge in [0, 0.05) is 45.3 Å². The average Bonchev–Trinajstić information content (AvgIpc) is 1.74. The van der Waals surface area contributed by atoms with Gasteiger partial charge in [0.05, 0.1) is 12.6 Å². The lowest BCUT2D eigenvalue weighted by Gasteiger charge is -2.32.